The minimum Gasteiger partial charge on any atom is -0.619 e. The largest absolute Gasteiger partial charge is 0.619 e. The molecule has 0 saturated carbocycles. The molecule has 0 bridgehead atoms. The summed E-state index contributed by atoms with van der Waals surface area (Å²) >= 11 is 0. The van der Waals surface area contributed by atoms with Gasteiger partial charge in [0.15, 0.2) is 12.4 Å². The first-order valence-electron chi connectivity index (χ1n) is 8.68. The number of aromatic nitrogens is 1. The predicted octanol–water partition coefficient (Wildman–Crippen LogP) is 4.47. The van der Waals surface area contributed by atoms with Crippen molar-refractivity contribution in [2.75, 3.05) is 5.32 Å². The Hall–Kier alpha value is -3.68. The summed E-state index contributed by atoms with van der Waals surface area (Å²) in [5.41, 5.74) is 1.94. The number of carbonyl (C=O) groups is 1. The molecule has 1 aromatic heterocycles. The Morgan fingerprint density at radius 3 is 2.52 bits per heavy atom. The summed E-state index contributed by atoms with van der Waals surface area (Å²) in [6.45, 7) is 0. The number of fused-ring (bicyclic) bond motifs is 1. The molecule has 1 aliphatic heterocycles. The predicted molar refractivity (Wildman–Crippen MR) is 102 cm³/mol. The second-order valence-corrected chi connectivity index (χ2v) is 6.55. The van der Waals surface area contributed by atoms with Crippen molar-refractivity contribution in [2.24, 2.45) is 4.99 Å². The van der Waals surface area contributed by atoms with E-state index in [9.17, 15) is 23.2 Å². The Morgan fingerprint density at radius 2 is 1.76 bits per heavy atom. The van der Waals surface area contributed by atoms with Gasteiger partial charge in [0.1, 0.15) is 0 Å². The average Bonchev–Trinajstić information content (AvgIpc) is 2.84. The van der Waals surface area contributed by atoms with Crippen LogP contribution in [-0.4, -0.2) is 11.6 Å². The lowest BCUT2D eigenvalue weighted by atomic mass is 10.0. The second-order valence-electron chi connectivity index (χ2n) is 6.55. The third kappa shape index (κ3) is 3.96. The maximum Gasteiger partial charge on any atom is 0.416 e. The van der Waals surface area contributed by atoms with Gasteiger partial charge in [-0.05, 0) is 41.5 Å². The van der Waals surface area contributed by atoms with Gasteiger partial charge in [-0.25, -0.2) is 0 Å². The lowest BCUT2D eigenvalue weighted by Crippen LogP contribution is -2.23. The van der Waals surface area contributed by atoms with Crippen LogP contribution in [0, 0.1) is 5.21 Å². The van der Waals surface area contributed by atoms with Crippen LogP contribution < -0.4 is 10.0 Å². The van der Waals surface area contributed by atoms with Crippen LogP contribution in [0.15, 0.2) is 72.0 Å². The maximum absolute atomic E-state index is 13.0. The molecule has 1 amide bonds. The van der Waals surface area contributed by atoms with Crippen LogP contribution in [0.5, 0.6) is 0 Å². The topological polar surface area (TPSA) is 68.4 Å². The molecule has 1 aliphatic rings. The van der Waals surface area contributed by atoms with Gasteiger partial charge in [0.25, 0.3) is 0 Å². The number of hydrogen-bond donors (Lipinski definition) is 1. The van der Waals surface area contributed by atoms with Gasteiger partial charge in [-0.15, -0.1) is 0 Å². The zero-order chi connectivity index (χ0) is 20.6. The summed E-state index contributed by atoms with van der Waals surface area (Å²) < 4.78 is 39.6. The number of rotatable bonds is 2. The quantitative estimate of drug-likeness (QED) is 0.512. The average molecular weight is 397 g/mol. The summed E-state index contributed by atoms with van der Waals surface area (Å²) in [5, 5.41) is 14.0. The number of aliphatic imine (C=N–C) groups is 1. The van der Waals surface area contributed by atoms with Crippen molar-refractivity contribution in [1.29, 1.82) is 0 Å². The molecule has 4 rings (SSSR count). The Morgan fingerprint density at radius 1 is 1.00 bits per heavy atom. The Bertz CT molecular complexity index is 1140. The van der Waals surface area contributed by atoms with Crippen molar-refractivity contribution >= 4 is 23.0 Å². The van der Waals surface area contributed by atoms with E-state index < -0.39 is 17.6 Å². The van der Waals surface area contributed by atoms with E-state index in [0.29, 0.717) is 21.6 Å². The zero-order valence-electron chi connectivity index (χ0n) is 14.9. The number of anilines is 1. The van der Waals surface area contributed by atoms with E-state index in [1.807, 2.05) is 6.07 Å². The fourth-order valence-corrected chi connectivity index (χ4v) is 3.11. The molecule has 2 aromatic carbocycles. The number of carbonyl (C=O) groups excluding carboxylic acids is 1. The van der Waals surface area contributed by atoms with Crippen molar-refractivity contribution < 1.29 is 22.7 Å². The standard InChI is InChI=1S/C21H14F3N3O2/c22-21(23,24)16-6-7-17-19(10-16)26-20(28)11-18(25-17)14-4-1-3-13(9-14)15-5-2-8-27(29)12-15/h1-10,12H,11H2,(H,26,28). The van der Waals surface area contributed by atoms with Crippen LogP contribution in [0.4, 0.5) is 24.5 Å². The highest BCUT2D eigenvalue weighted by atomic mass is 19.4. The van der Waals surface area contributed by atoms with E-state index >= 15 is 0 Å². The minimum atomic E-state index is -4.51. The number of pyridine rings is 1. The number of amides is 1. The van der Waals surface area contributed by atoms with Gasteiger partial charge < -0.3 is 10.5 Å². The molecule has 0 spiro atoms. The van der Waals surface area contributed by atoms with Crippen molar-refractivity contribution in [1.82, 2.24) is 0 Å². The van der Waals surface area contributed by atoms with Crippen LogP contribution in [0.2, 0.25) is 0 Å². The monoisotopic (exact) mass is 397 g/mol. The first kappa shape index (κ1) is 18.7. The summed E-state index contributed by atoms with van der Waals surface area (Å²) in [7, 11) is 0. The maximum atomic E-state index is 13.0. The molecule has 0 saturated heterocycles. The summed E-state index contributed by atoms with van der Waals surface area (Å²) in [4.78, 5) is 16.7. The Labute approximate surface area is 163 Å². The summed E-state index contributed by atoms with van der Waals surface area (Å²) in [6, 6.07) is 13.6. The molecule has 8 heteroatoms. The number of hydrogen-bond acceptors (Lipinski definition) is 3. The first-order chi connectivity index (χ1) is 13.8. The molecule has 0 radical (unpaired) electrons. The van der Waals surface area contributed by atoms with Crippen molar-refractivity contribution in [3.63, 3.8) is 0 Å². The second kappa shape index (κ2) is 7.05. The fourth-order valence-electron chi connectivity index (χ4n) is 3.11. The number of alkyl halides is 3. The third-order valence-corrected chi connectivity index (χ3v) is 4.49. The number of benzene rings is 2. The molecular weight excluding hydrogens is 383 g/mol. The number of halogens is 3. The molecule has 29 heavy (non-hydrogen) atoms. The van der Waals surface area contributed by atoms with E-state index in [-0.39, 0.29) is 17.8 Å². The smallest absolute Gasteiger partial charge is 0.416 e. The number of nitrogens with zero attached hydrogens (tertiary/aromatic N) is 2. The van der Waals surface area contributed by atoms with E-state index in [1.165, 1.54) is 18.5 Å². The van der Waals surface area contributed by atoms with Crippen LogP contribution in [0.3, 0.4) is 0 Å². The molecule has 5 nitrogen and oxygen atoms in total. The highest BCUT2D eigenvalue weighted by Crippen LogP contribution is 2.36. The molecule has 146 valence electrons. The van der Waals surface area contributed by atoms with E-state index in [4.69, 9.17) is 0 Å². The van der Waals surface area contributed by atoms with Gasteiger partial charge in [0.2, 0.25) is 5.91 Å². The molecule has 0 fully saturated rings. The third-order valence-electron chi connectivity index (χ3n) is 4.49. The Kier molecular flexibility index (Phi) is 4.54. The molecule has 0 atom stereocenters. The van der Waals surface area contributed by atoms with Crippen LogP contribution in [-0.2, 0) is 11.0 Å². The highest BCUT2D eigenvalue weighted by Gasteiger charge is 2.31. The van der Waals surface area contributed by atoms with Crippen LogP contribution in [0.1, 0.15) is 17.5 Å². The van der Waals surface area contributed by atoms with Gasteiger partial charge in [-0.3, -0.25) is 9.79 Å². The van der Waals surface area contributed by atoms with Crippen molar-refractivity contribution in [2.45, 2.75) is 12.6 Å². The van der Waals surface area contributed by atoms with E-state index in [0.717, 1.165) is 17.7 Å². The number of nitrogens with one attached hydrogen (secondary N) is 1. The normalized spacial score (nSPS) is 13.9. The summed E-state index contributed by atoms with van der Waals surface area (Å²) in [6.07, 6.45) is -1.80. The molecular formula is C21H14F3N3O2. The molecule has 0 unspecified atom stereocenters. The minimum absolute atomic E-state index is 0.0198. The summed E-state index contributed by atoms with van der Waals surface area (Å²) in [5.74, 6) is -0.454. The fraction of sp³-hybridized carbons (Fsp3) is 0.0952. The van der Waals surface area contributed by atoms with Gasteiger partial charge in [-0.2, -0.15) is 17.9 Å². The van der Waals surface area contributed by atoms with Gasteiger partial charge >= 0.3 is 6.18 Å². The molecule has 2 heterocycles. The SMILES string of the molecule is O=C1CC(c2cccc(-c3ccc[n+]([O-])c3)c2)=Nc2ccc(C(F)(F)F)cc2N1. The highest BCUT2D eigenvalue weighted by molar-refractivity contribution is 6.17. The van der Waals surface area contributed by atoms with Crippen LogP contribution >= 0.6 is 0 Å². The first-order valence-corrected chi connectivity index (χ1v) is 8.68. The molecule has 3 aromatic rings. The zero-order valence-corrected chi connectivity index (χ0v) is 14.9. The molecule has 0 aliphatic carbocycles. The lowest BCUT2D eigenvalue weighted by Gasteiger charge is -2.10. The Balaban J connectivity index is 1.76. The van der Waals surface area contributed by atoms with Gasteiger partial charge in [0, 0.05) is 11.6 Å². The lowest BCUT2D eigenvalue weighted by molar-refractivity contribution is -0.604. The van der Waals surface area contributed by atoms with Crippen molar-refractivity contribution in [3.8, 4) is 11.1 Å². The van der Waals surface area contributed by atoms with E-state index in [2.05, 4.69) is 10.3 Å². The van der Waals surface area contributed by atoms with Gasteiger partial charge in [0.05, 0.1) is 29.1 Å². The van der Waals surface area contributed by atoms with Gasteiger partial charge in [-0.1, -0.05) is 18.2 Å². The van der Waals surface area contributed by atoms with E-state index in [1.54, 1.807) is 30.3 Å². The van der Waals surface area contributed by atoms with Crippen LogP contribution in [0.25, 0.3) is 11.1 Å². The molecule has 1 N–H and O–H groups in total. The van der Waals surface area contributed by atoms with Crippen molar-refractivity contribution in [3.05, 3.63) is 83.3 Å².